The van der Waals surface area contributed by atoms with Crippen molar-refractivity contribution in [3.05, 3.63) is 48.0 Å². The summed E-state index contributed by atoms with van der Waals surface area (Å²) in [5.41, 5.74) is 0.878. The topological polar surface area (TPSA) is 73.9 Å². The monoisotopic (exact) mass is 329 g/mol. The van der Waals surface area contributed by atoms with Crippen molar-refractivity contribution in [2.24, 2.45) is 0 Å². The zero-order valence-corrected chi connectivity index (χ0v) is 13.6. The Balaban J connectivity index is 2.02. The number of nitrogens with one attached hydrogen (secondary N) is 1. The normalized spacial score (nSPS) is 9.92. The van der Waals surface area contributed by atoms with E-state index >= 15 is 0 Å². The van der Waals surface area contributed by atoms with Crippen LogP contribution in [0, 0.1) is 0 Å². The van der Waals surface area contributed by atoms with Crippen LogP contribution in [0.1, 0.15) is 17.3 Å². The van der Waals surface area contributed by atoms with Crippen LogP contribution in [0.5, 0.6) is 17.2 Å². The number of benzene rings is 2. The fraction of sp³-hybridized carbons (Fsp3) is 0.222. The molecule has 0 saturated heterocycles. The molecule has 0 heterocycles. The summed E-state index contributed by atoms with van der Waals surface area (Å²) in [6, 6.07) is 11.8. The lowest BCUT2D eigenvalue weighted by Crippen LogP contribution is -2.20. The van der Waals surface area contributed by atoms with Gasteiger partial charge in [0.1, 0.15) is 23.5 Å². The molecular weight excluding hydrogens is 310 g/mol. The highest BCUT2D eigenvalue weighted by molar-refractivity contribution is 5.94. The molecule has 0 fully saturated rings. The fourth-order valence-electron chi connectivity index (χ4n) is 2.03. The van der Waals surface area contributed by atoms with E-state index in [1.54, 1.807) is 49.6 Å². The summed E-state index contributed by atoms with van der Waals surface area (Å²) in [5, 5.41) is 2.69. The van der Waals surface area contributed by atoms with Gasteiger partial charge in [0.15, 0.2) is 6.61 Å². The molecule has 24 heavy (non-hydrogen) atoms. The van der Waals surface area contributed by atoms with Crippen molar-refractivity contribution in [2.45, 2.75) is 6.92 Å². The smallest absolute Gasteiger partial charge is 0.262 e. The number of hydrogen-bond acceptors (Lipinski definition) is 5. The number of amides is 1. The van der Waals surface area contributed by atoms with E-state index in [4.69, 9.17) is 14.2 Å². The number of hydrogen-bond donors (Lipinski definition) is 1. The van der Waals surface area contributed by atoms with Crippen LogP contribution in [0.2, 0.25) is 0 Å². The van der Waals surface area contributed by atoms with Gasteiger partial charge in [0.2, 0.25) is 0 Å². The van der Waals surface area contributed by atoms with Gasteiger partial charge in [-0.25, -0.2) is 0 Å². The molecular formula is C18H19NO5. The van der Waals surface area contributed by atoms with Gasteiger partial charge in [-0.05, 0) is 37.3 Å². The third kappa shape index (κ3) is 4.74. The third-order valence-electron chi connectivity index (χ3n) is 3.12. The van der Waals surface area contributed by atoms with E-state index in [1.165, 1.54) is 0 Å². The number of carbonyl (C=O) groups excluding carboxylic acids is 2. The molecule has 0 unspecified atom stereocenters. The van der Waals surface area contributed by atoms with E-state index in [-0.39, 0.29) is 12.5 Å². The Morgan fingerprint density at radius 1 is 1.12 bits per heavy atom. The van der Waals surface area contributed by atoms with Gasteiger partial charge in [0.25, 0.3) is 5.91 Å². The van der Waals surface area contributed by atoms with E-state index < -0.39 is 0 Å². The molecule has 126 valence electrons. The molecule has 0 atom stereocenters. The van der Waals surface area contributed by atoms with Gasteiger partial charge < -0.3 is 19.5 Å². The summed E-state index contributed by atoms with van der Waals surface area (Å²) in [6.07, 6.45) is 0.706. The van der Waals surface area contributed by atoms with Crippen LogP contribution >= 0.6 is 0 Å². The van der Waals surface area contributed by atoms with E-state index in [0.717, 1.165) is 0 Å². The van der Waals surface area contributed by atoms with Crippen LogP contribution in [0.3, 0.4) is 0 Å². The Morgan fingerprint density at radius 3 is 2.62 bits per heavy atom. The molecule has 0 aliphatic carbocycles. The molecule has 0 aliphatic rings. The summed E-state index contributed by atoms with van der Waals surface area (Å²) in [7, 11) is 1.56. The van der Waals surface area contributed by atoms with Gasteiger partial charge in [-0.1, -0.05) is 6.07 Å². The number of ether oxygens (including phenoxy) is 3. The molecule has 1 N–H and O–H groups in total. The van der Waals surface area contributed by atoms with Gasteiger partial charge in [-0.2, -0.15) is 0 Å². The lowest BCUT2D eigenvalue weighted by molar-refractivity contribution is -0.118. The average Bonchev–Trinajstić information content (AvgIpc) is 2.61. The minimum absolute atomic E-state index is 0.177. The largest absolute Gasteiger partial charge is 0.497 e. The van der Waals surface area contributed by atoms with Crippen molar-refractivity contribution in [3.63, 3.8) is 0 Å². The number of carbonyl (C=O) groups is 2. The van der Waals surface area contributed by atoms with Crippen LogP contribution in [0.15, 0.2) is 42.5 Å². The van der Waals surface area contributed by atoms with E-state index in [9.17, 15) is 9.59 Å². The Labute approximate surface area is 140 Å². The first-order valence-electron chi connectivity index (χ1n) is 7.45. The maximum Gasteiger partial charge on any atom is 0.262 e. The van der Waals surface area contributed by atoms with Gasteiger partial charge in [-0.3, -0.25) is 9.59 Å². The molecule has 2 rings (SSSR count). The van der Waals surface area contributed by atoms with Crippen LogP contribution < -0.4 is 19.5 Å². The first kappa shape index (κ1) is 17.3. The van der Waals surface area contributed by atoms with Crippen molar-refractivity contribution in [1.29, 1.82) is 0 Å². The van der Waals surface area contributed by atoms with Crippen molar-refractivity contribution < 1.29 is 23.8 Å². The Morgan fingerprint density at radius 2 is 1.92 bits per heavy atom. The molecule has 0 bridgehead atoms. The Bertz CT molecular complexity index is 714. The molecule has 6 nitrogen and oxygen atoms in total. The lowest BCUT2D eigenvalue weighted by atomic mass is 10.2. The number of aldehydes is 1. The number of methoxy groups -OCH3 is 1. The highest BCUT2D eigenvalue weighted by Gasteiger charge is 2.10. The van der Waals surface area contributed by atoms with Crippen molar-refractivity contribution in [2.75, 3.05) is 25.6 Å². The molecule has 2 aromatic carbocycles. The number of anilines is 1. The average molecular weight is 329 g/mol. The van der Waals surface area contributed by atoms with E-state index in [1.807, 2.05) is 6.92 Å². The maximum atomic E-state index is 12.1. The van der Waals surface area contributed by atoms with Gasteiger partial charge in [-0.15, -0.1) is 0 Å². The molecule has 0 aliphatic heterocycles. The van der Waals surface area contributed by atoms with E-state index in [2.05, 4.69) is 5.32 Å². The van der Waals surface area contributed by atoms with E-state index in [0.29, 0.717) is 41.4 Å². The van der Waals surface area contributed by atoms with Gasteiger partial charge in [0.05, 0.1) is 19.4 Å². The minimum Gasteiger partial charge on any atom is -0.497 e. The summed E-state index contributed by atoms with van der Waals surface area (Å²) in [4.78, 5) is 23.0. The van der Waals surface area contributed by atoms with Crippen LogP contribution in [0.25, 0.3) is 0 Å². The summed E-state index contributed by atoms with van der Waals surface area (Å²) in [6.45, 7) is 2.11. The zero-order chi connectivity index (χ0) is 17.4. The van der Waals surface area contributed by atoms with Crippen molar-refractivity contribution in [1.82, 2.24) is 0 Å². The number of rotatable bonds is 8. The quantitative estimate of drug-likeness (QED) is 0.754. The van der Waals surface area contributed by atoms with Crippen LogP contribution in [-0.4, -0.2) is 32.5 Å². The molecule has 2 aromatic rings. The van der Waals surface area contributed by atoms with Gasteiger partial charge in [0, 0.05) is 11.6 Å². The molecule has 1 amide bonds. The van der Waals surface area contributed by atoms with Crippen LogP contribution in [0.4, 0.5) is 5.69 Å². The zero-order valence-electron chi connectivity index (χ0n) is 13.6. The first-order valence-corrected chi connectivity index (χ1v) is 7.45. The highest BCUT2D eigenvalue weighted by Crippen LogP contribution is 2.25. The van der Waals surface area contributed by atoms with Crippen LogP contribution in [-0.2, 0) is 4.79 Å². The summed E-state index contributed by atoms with van der Waals surface area (Å²) < 4.78 is 16.0. The molecule has 0 spiro atoms. The second-order valence-corrected chi connectivity index (χ2v) is 4.82. The first-order chi connectivity index (χ1) is 11.7. The third-order valence-corrected chi connectivity index (χ3v) is 3.12. The SMILES string of the molecule is CCOc1ccc(C=O)cc1NC(=O)COc1cccc(OC)c1. The Kier molecular flexibility index (Phi) is 6.19. The minimum atomic E-state index is -0.359. The van der Waals surface area contributed by atoms with Gasteiger partial charge >= 0.3 is 0 Å². The molecule has 0 radical (unpaired) electrons. The summed E-state index contributed by atoms with van der Waals surface area (Å²) >= 11 is 0. The standard InChI is InChI=1S/C18H19NO5/c1-3-23-17-8-7-13(11-20)9-16(17)19-18(21)12-24-15-6-4-5-14(10-15)22-2/h4-11H,3,12H2,1-2H3,(H,19,21). The second-order valence-electron chi connectivity index (χ2n) is 4.82. The molecule has 6 heteroatoms. The second kappa shape index (κ2) is 8.57. The van der Waals surface area contributed by atoms with Crippen molar-refractivity contribution in [3.8, 4) is 17.2 Å². The highest BCUT2D eigenvalue weighted by atomic mass is 16.5. The lowest BCUT2D eigenvalue weighted by Gasteiger charge is -2.12. The predicted octanol–water partition coefficient (Wildman–Crippen LogP) is 2.92. The predicted molar refractivity (Wildman–Crippen MR) is 90.1 cm³/mol. The Hall–Kier alpha value is -3.02. The molecule has 0 aromatic heterocycles. The summed E-state index contributed by atoms with van der Waals surface area (Å²) in [5.74, 6) is 1.31. The fourth-order valence-corrected chi connectivity index (χ4v) is 2.03. The van der Waals surface area contributed by atoms with Crippen molar-refractivity contribution >= 4 is 17.9 Å². The maximum absolute atomic E-state index is 12.1. The molecule has 0 saturated carbocycles.